The monoisotopic (exact) mass is 378 g/mol. The van der Waals surface area contributed by atoms with Gasteiger partial charge >= 0.3 is 0 Å². The number of rotatable bonds is 7. The Hall–Kier alpha value is -1.64. The average Bonchev–Trinajstić information content (AvgIpc) is 2.95. The van der Waals surface area contributed by atoms with Crippen molar-refractivity contribution in [3.05, 3.63) is 71.3 Å². The van der Waals surface area contributed by atoms with Crippen molar-refractivity contribution in [3.63, 3.8) is 0 Å². The van der Waals surface area contributed by atoms with Crippen LogP contribution in [0.4, 0.5) is 0 Å². The molecule has 1 aliphatic heterocycles. The number of hydrogen-bond acceptors (Lipinski definition) is 2. The van der Waals surface area contributed by atoms with E-state index in [0.29, 0.717) is 6.04 Å². The van der Waals surface area contributed by atoms with Gasteiger partial charge in [0.1, 0.15) is 0 Å². The van der Waals surface area contributed by atoms with Crippen LogP contribution in [0.25, 0.3) is 0 Å². The van der Waals surface area contributed by atoms with Crippen molar-refractivity contribution in [3.8, 4) is 0 Å². The van der Waals surface area contributed by atoms with E-state index in [9.17, 15) is 0 Å². The van der Waals surface area contributed by atoms with Crippen LogP contribution < -0.4 is 5.32 Å². The second-order valence-corrected chi connectivity index (χ2v) is 9.43. The summed E-state index contributed by atoms with van der Waals surface area (Å²) in [6.45, 7) is 11.5. The van der Waals surface area contributed by atoms with Gasteiger partial charge in [0.25, 0.3) is 0 Å². The van der Waals surface area contributed by atoms with Gasteiger partial charge < -0.3 is 10.2 Å². The van der Waals surface area contributed by atoms with Crippen LogP contribution in [0, 0.1) is 0 Å². The Labute approximate surface area is 172 Å². The zero-order valence-electron chi connectivity index (χ0n) is 18.1. The molecule has 0 amide bonds. The van der Waals surface area contributed by atoms with Crippen molar-refractivity contribution < 1.29 is 0 Å². The molecular weight excluding hydrogens is 340 g/mol. The highest BCUT2D eigenvalue weighted by Crippen LogP contribution is 2.22. The molecule has 2 nitrogen and oxygen atoms in total. The van der Waals surface area contributed by atoms with Gasteiger partial charge in [0.2, 0.25) is 0 Å². The molecule has 152 valence electrons. The summed E-state index contributed by atoms with van der Waals surface area (Å²) in [7, 11) is 0. The van der Waals surface area contributed by atoms with Crippen LogP contribution >= 0.6 is 0 Å². The molecule has 1 heterocycles. The first kappa shape index (κ1) is 21.1. The lowest BCUT2D eigenvalue weighted by atomic mass is 9.86. The standard InChI is InChI=1S/C26H38N2/c1-26(2,3)24-15-13-22(14-16-24)19-25(21-28-17-9-4-5-10-18-28)27-20-23-11-7-6-8-12-23/h6-8,11-16,25,27H,4-5,9-10,17-21H2,1-3H3. The maximum absolute atomic E-state index is 3.86. The third kappa shape index (κ3) is 6.76. The molecule has 1 N–H and O–H groups in total. The van der Waals surface area contributed by atoms with Gasteiger partial charge in [0, 0.05) is 19.1 Å². The first-order valence-corrected chi connectivity index (χ1v) is 11.1. The smallest absolute Gasteiger partial charge is 0.0238 e. The van der Waals surface area contributed by atoms with E-state index in [1.165, 1.54) is 55.5 Å². The molecule has 0 aromatic heterocycles. The summed E-state index contributed by atoms with van der Waals surface area (Å²) in [5.74, 6) is 0. The molecule has 3 rings (SSSR count). The summed E-state index contributed by atoms with van der Waals surface area (Å²) in [5, 5.41) is 3.86. The highest BCUT2D eigenvalue weighted by molar-refractivity contribution is 5.28. The van der Waals surface area contributed by atoms with Gasteiger partial charge in [-0.1, -0.05) is 88.2 Å². The number of hydrogen-bond donors (Lipinski definition) is 1. The summed E-state index contributed by atoms with van der Waals surface area (Å²) in [6, 6.07) is 20.6. The average molecular weight is 379 g/mol. The van der Waals surface area contributed by atoms with Gasteiger partial charge in [0.05, 0.1) is 0 Å². The van der Waals surface area contributed by atoms with Crippen LogP contribution in [-0.2, 0) is 18.4 Å². The lowest BCUT2D eigenvalue weighted by Gasteiger charge is -2.28. The lowest BCUT2D eigenvalue weighted by molar-refractivity contribution is 0.248. The van der Waals surface area contributed by atoms with Crippen molar-refractivity contribution in [2.24, 2.45) is 0 Å². The third-order valence-corrected chi connectivity index (χ3v) is 5.92. The van der Waals surface area contributed by atoms with Crippen LogP contribution in [0.5, 0.6) is 0 Å². The molecule has 2 heteroatoms. The predicted molar refractivity (Wildman–Crippen MR) is 121 cm³/mol. The van der Waals surface area contributed by atoms with Gasteiger partial charge in [-0.15, -0.1) is 0 Å². The van der Waals surface area contributed by atoms with Crippen molar-refractivity contribution in [2.75, 3.05) is 19.6 Å². The van der Waals surface area contributed by atoms with E-state index in [2.05, 4.69) is 85.6 Å². The maximum atomic E-state index is 3.86. The predicted octanol–water partition coefficient (Wildman–Crippen LogP) is 5.56. The molecule has 0 spiro atoms. The van der Waals surface area contributed by atoms with Gasteiger partial charge in [-0.2, -0.15) is 0 Å². The molecule has 1 fully saturated rings. The van der Waals surface area contributed by atoms with Crippen molar-refractivity contribution in [1.82, 2.24) is 10.2 Å². The van der Waals surface area contributed by atoms with E-state index in [1.54, 1.807) is 0 Å². The van der Waals surface area contributed by atoms with Crippen molar-refractivity contribution >= 4 is 0 Å². The SMILES string of the molecule is CC(C)(C)c1ccc(CC(CN2CCCCCC2)NCc2ccccc2)cc1. The fourth-order valence-electron chi connectivity index (χ4n) is 4.12. The van der Waals surface area contributed by atoms with Crippen molar-refractivity contribution in [2.45, 2.75) is 70.9 Å². The number of likely N-dealkylation sites (tertiary alicyclic amines) is 1. The van der Waals surface area contributed by atoms with E-state index >= 15 is 0 Å². The quantitative estimate of drug-likeness (QED) is 0.678. The minimum Gasteiger partial charge on any atom is -0.308 e. The summed E-state index contributed by atoms with van der Waals surface area (Å²) >= 11 is 0. The van der Waals surface area contributed by atoms with Crippen LogP contribution in [-0.4, -0.2) is 30.6 Å². The minimum atomic E-state index is 0.218. The van der Waals surface area contributed by atoms with Crippen molar-refractivity contribution in [1.29, 1.82) is 0 Å². The molecule has 1 aliphatic rings. The largest absolute Gasteiger partial charge is 0.308 e. The Balaban J connectivity index is 1.65. The minimum absolute atomic E-state index is 0.218. The summed E-state index contributed by atoms with van der Waals surface area (Å²) in [6.07, 6.45) is 6.59. The molecule has 2 aromatic rings. The lowest BCUT2D eigenvalue weighted by Crippen LogP contribution is -2.42. The molecule has 0 aliphatic carbocycles. The van der Waals surface area contributed by atoms with E-state index in [-0.39, 0.29) is 5.41 Å². The Morgan fingerprint density at radius 1 is 0.821 bits per heavy atom. The summed E-state index contributed by atoms with van der Waals surface area (Å²) < 4.78 is 0. The van der Waals surface area contributed by atoms with Gasteiger partial charge in [-0.3, -0.25) is 0 Å². The molecule has 1 atom stereocenters. The zero-order valence-corrected chi connectivity index (χ0v) is 18.1. The van der Waals surface area contributed by atoms with E-state index < -0.39 is 0 Å². The summed E-state index contributed by atoms with van der Waals surface area (Å²) in [5.41, 5.74) is 4.44. The second-order valence-electron chi connectivity index (χ2n) is 9.43. The molecule has 1 saturated heterocycles. The van der Waals surface area contributed by atoms with Crippen LogP contribution in [0.1, 0.15) is 63.1 Å². The van der Waals surface area contributed by atoms with E-state index in [0.717, 1.165) is 19.5 Å². The Kier molecular flexibility index (Phi) is 7.70. The Morgan fingerprint density at radius 2 is 1.46 bits per heavy atom. The second kappa shape index (κ2) is 10.2. The number of nitrogens with one attached hydrogen (secondary N) is 1. The van der Waals surface area contributed by atoms with E-state index in [1.807, 2.05) is 0 Å². The molecule has 1 unspecified atom stereocenters. The molecule has 2 aromatic carbocycles. The number of nitrogens with zero attached hydrogens (tertiary/aromatic N) is 1. The van der Waals surface area contributed by atoms with Gasteiger partial charge in [-0.25, -0.2) is 0 Å². The molecule has 28 heavy (non-hydrogen) atoms. The fourth-order valence-corrected chi connectivity index (χ4v) is 4.12. The van der Waals surface area contributed by atoms with Gasteiger partial charge in [-0.05, 0) is 54.5 Å². The van der Waals surface area contributed by atoms with Gasteiger partial charge in [0.15, 0.2) is 0 Å². The highest BCUT2D eigenvalue weighted by atomic mass is 15.1. The van der Waals surface area contributed by atoms with Crippen LogP contribution in [0.15, 0.2) is 54.6 Å². The third-order valence-electron chi connectivity index (χ3n) is 5.92. The topological polar surface area (TPSA) is 15.3 Å². The van der Waals surface area contributed by atoms with E-state index in [4.69, 9.17) is 0 Å². The Morgan fingerprint density at radius 3 is 2.07 bits per heavy atom. The maximum Gasteiger partial charge on any atom is 0.0238 e. The van der Waals surface area contributed by atoms with Crippen LogP contribution in [0.2, 0.25) is 0 Å². The Bertz CT molecular complexity index is 677. The first-order chi connectivity index (χ1) is 13.5. The summed E-state index contributed by atoms with van der Waals surface area (Å²) in [4.78, 5) is 2.68. The number of benzene rings is 2. The fraction of sp³-hybridized carbons (Fsp3) is 0.538. The molecule has 0 bridgehead atoms. The zero-order chi connectivity index (χ0) is 19.8. The normalized spacial score (nSPS) is 17.2. The highest BCUT2D eigenvalue weighted by Gasteiger charge is 2.17. The molecule has 0 radical (unpaired) electrons. The first-order valence-electron chi connectivity index (χ1n) is 11.1. The van der Waals surface area contributed by atoms with Crippen LogP contribution in [0.3, 0.4) is 0 Å². The molecule has 0 saturated carbocycles. The molecular formula is C26H38N2.